The summed E-state index contributed by atoms with van der Waals surface area (Å²) in [6.45, 7) is 2.56. The molecule has 27 heavy (non-hydrogen) atoms. The van der Waals surface area contributed by atoms with Crippen molar-refractivity contribution in [3.8, 4) is 5.75 Å². The number of amides is 1. The van der Waals surface area contributed by atoms with E-state index in [2.05, 4.69) is 34.7 Å². The Balaban J connectivity index is 1.62. The molecule has 0 bridgehead atoms. The molecule has 0 unspecified atom stereocenters. The van der Waals surface area contributed by atoms with Gasteiger partial charge in [0.05, 0.1) is 7.11 Å². The SMILES string of the molecule is CCc1ccc(Nc2ccnc(C(=O)NCc3ccc(OC)cc3)c2)cc1. The van der Waals surface area contributed by atoms with Crippen LogP contribution < -0.4 is 15.4 Å². The van der Waals surface area contributed by atoms with E-state index in [0.29, 0.717) is 12.2 Å². The molecule has 0 fully saturated rings. The Morgan fingerprint density at radius 1 is 0.963 bits per heavy atom. The summed E-state index contributed by atoms with van der Waals surface area (Å²) < 4.78 is 5.13. The third-order valence-electron chi connectivity index (χ3n) is 4.26. The molecule has 138 valence electrons. The lowest BCUT2D eigenvalue weighted by Gasteiger charge is -2.09. The number of pyridine rings is 1. The van der Waals surface area contributed by atoms with E-state index in [0.717, 1.165) is 29.1 Å². The average Bonchev–Trinajstić information content (AvgIpc) is 2.73. The van der Waals surface area contributed by atoms with Crippen LogP contribution in [0.5, 0.6) is 5.75 Å². The first-order valence-corrected chi connectivity index (χ1v) is 8.91. The highest BCUT2D eigenvalue weighted by atomic mass is 16.5. The summed E-state index contributed by atoms with van der Waals surface area (Å²) in [6, 6.07) is 19.4. The number of anilines is 2. The second-order valence-corrected chi connectivity index (χ2v) is 6.14. The Bertz CT molecular complexity index is 890. The molecule has 0 saturated heterocycles. The van der Waals surface area contributed by atoms with Gasteiger partial charge in [-0.3, -0.25) is 9.78 Å². The van der Waals surface area contributed by atoms with Gasteiger partial charge in [0.2, 0.25) is 0 Å². The van der Waals surface area contributed by atoms with Gasteiger partial charge in [-0.05, 0) is 53.9 Å². The summed E-state index contributed by atoms with van der Waals surface area (Å²) in [7, 11) is 1.63. The minimum atomic E-state index is -0.212. The average molecular weight is 361 g/mol. The first-order valence-electron chi connectivity index (χ1n) is 8.91. The van der Waals surface area contributed by atoms with Gasteiger partial charge in [0.25, 0.3) is 5.91 Å². The molecule has 0 aliphatic carbocycles. The van der Waals surface area contributed by atoms with Crippen LogP contribution in [0.3, 0.4) is 0 Å². The fourth-order valence-corrected chi connectivity index (χ4v) is 2.64. The molecule has 0 saturated carbocycles. The molecule has 0 aliphatic heterocycles. The summed E-state index contributed by atoms with van der Waals surface area (Å²) in [5.41, 5.74) is 4.45. The Morgan fingerprint density at radius 2 is 1.67 bits per heavy atom. The van der Waals surface area contributed by atoms with Gasteiger partial charge >= 0.3 is 0 Å². The first-order chi connectivity index (χ1) is 13.2. The van der Waals surface area contributed by atoms with E-state index in [1.165, 1.54) is 5.56 Å². The van der Waals surface area contributed by atoms with Crippen LogP contribution in [0, 0.1) is 0 Å². The van der Waals surface area contributed by atoms with Crippen molar-refractivity contribution < 1.29 is 9.53 Å². The molecule has 5 heteroatoms. The van der Waals surface area contributed by atoms with Gasteiger partial charge in [-0.25, -0.2) is 0 Å². The van der Waals surface area contributed by atoms with E-state index in [9.17, 15) is 4.79 Å². The number of hydrogen-bond donors (Lipinski definition) is 2. The van der Waals surface area contributed by atoms with Crippen LogP contribution >= 0.6 is 0 Å². The number of carbonyl (C=O) groups is 1. The fourth-order valence-electron chi connectivity index (χ4n) is 2.64. The maximum Gasteiger partial charge on any atom is 0.270 e. The lowest BCUT2D eigenvalue weighted by molar-refractivity contribution is 0.0946. The number of ether oxygens (including phenoxy) is 1. The highest BCUT2D eigenvalue weighted by Gasteiger charge is 2.08. The van der Waals surface area contributed by atoms with Gasteiger partial charge in [0.1, 0.15) is 11.4 Å². The highest BCUT2D eigenvalue weighted by molar-refractivity contribution is 5.93. The van der Waals surface area contributed by atoms with Crippen LogP contribution in [0.4, 0.5) is 11.4 Å². The normalized spacial score (nSPS) is 10.3. The van der Waals surface area contributed by atoms with Crippen molar-refractivity contribution in [2.75, 3.05) is 12.4 Å². The topological polar surface area (TPSA) is 63.2 Å². The molecule has 3 rings (SSSR count). The Morgan fingerprint density at radius 3 is 2.33 bits per heavy atom. The number of aryl methyl sites for hydroxylation is 1. The zero-order valence-corrected chi connectivity index (χ0v) is 15.5. The molecular formula is C22H23N3O2. The van der Waals surface area contributed by atoms with Crippen LogP contribution in [-0.2, 0) is 13.0 Å². The molecule has 1 heterocycles. The van der Waals surface area contributed by atoms with Crippen LogP contribution in [0.2, 0.25) is 0 Å². The molecule has 2 aromatic carbocycles. The first kappa shape index (κ1) is 18.5. The lowest BCUT2D eigenvalue weighted by atomic mass is 10.1. The molecular weight excluding hydrogens is 338 g/mol. The molecule has 1 aromatic heterocycles. The standard InChI is InChI=1S/C22H23N3O2/c1-3-16-4-8-18(9-5-16)25-19-12-13-23-21(14-19)22(26)24-15-17-6-10-20(27-2)11-7-17/h4-14H,3,15H2,1-2H3,(H,23,25)(H,24,26). The maximum absolute atomic E-state index is 12.4. The summed E-state index contributed by atoms with van der Waals surface area (Å²) in [4.78, 5) is 16.6. The Kier molecular flexibility index (Phi) is 6.05. The van der Waals surface area contributed by atoms with E-state index in [4.69, 9.17) is 4.74 Å². The van der Waals surface area contributed by atoms with Crippen LogP contribution in [0.25, 0.3) is 0 Å². The maximum atomic E-state index is 12.4. The van der Waals surface area contributed by atoms with Crippen LogP contribution in [-0.4, -0.2) is 18.0 Å². The third-order valence-corrected chi connectivity index (χ3v) is 4.26. The molecule has 2 N–H and O–H groups in total. The van der Waals surface area contributed by atoms with E-state index >= 15 is 0 Å². The number of carbonyl (C=O) groups excluding carboxylic acids is 1. The minimum absolute atomic E-state index is 0.212. The van der Waals surface area contributed by atoms with E-state index in [-0.39, 0.29) is 5.91 Å². The molecule has 3 aromatic rings. The van der Waals surface area contributed by atoms with Gasteiger partial charge in [-0.2, -0.15) is 0 Å². The van der Waals surface area contributed by atoms with Crippen molar-refractivity contribution >= 4 is 17.3 Å². The number of aromatic nitrogens is 1. The van der Waals surface area contributed by atoms with Gasteiger partial charge in [0, 0.05) is 24.1 Å². The van der Waals surface area contributed by atoms with E-state index in [1.807, 2.05) is 42.5 Å². The number of benzene rings is 2. The predicted molar refractivity (Wildman–Crippen MR) is 108 cm³/mol. The molecule has 0 radical (unpaired) electrons. The number of nitrogens with zero attached hydrogens (tertiary/aromatic N) is 1. The monoisotopic (exact) mass is 361 g/mol. The zero-order valence-electron chi connectivity index (χ0n) is 15.5. The molecule has 0 atom stereocenters. The number of nitrogens with one attached hydrogen (secondary N) is 2. The van der Waals surface area contributed by atoms with Crippen molar-refractivity contribution in [3.05, 3.63) is 83.7 Å². The Labute approximate surface area is 159 Å². The van der Waals surface area contributed by atoms with Crippen molar-refractivity contribution in [1.29, 1.82) is 0 Å². The highest BCUT2D eigenvalue weighted by Crippen LogP contribution is 2.18. The Hall–Kier alpha value is -3.34. The minimum Gasteiger partial charge on any atom is -0.497 e. The number of rotatable bonds is 7. The summed E-state index contributed by atoms with van der Waals surface area (Å²) in [5, 5.41) is 6.19. The van der Waals surface area contributed by atoms with Crippen molar-refractivity contribution in [1.82, 2.24) is 10.3 Å². The third kappa shape index (κ3) is 5.07. The second kappa shape index (κ2) is 8.85. The van der Waals surface area contributed by atoms with Gasteiger partial charge in [-0.1, -0.05) is 31.2 Å². The van der Waals surface area contributed by atoms with Crippen molar-refractivity contribution in [2.45, 2.75) is 19.9 Å². The lowest BCUT2D eigenvalue weighted by Crippen LogP contribution is -2.23. The number of methoxy groups -OCH3 is 1. The molecule has 0 spiro atoms. The van der Waals surface area contributed by atoms with Crippen molar-refractivity contribution in [3.63, 3.8) is 0 Å². The van der Waals surface area contributed by atoms with Gasteiger partial charge in [-0.15, -0.1) is 0 Å². The quantitative estimate of drug-likeness (QED) is 0.658. The van der Waals surface area contributed by atoms with E-state index in [1.54, 1.807) is 19.4 Å². The largest absolute Gasteiger partial charge is 0.497 e. The second-order valence-electron chi connectivity index (χ2n) is 6.14. The van der Waals surface area contributed by atoms with Crippen LogP contribution in [0.1, 0.15) is 28.5 Å². The summed E-state index contributed by atoms with van der Waals surface area (Å²) in [6.07, 6.45) is 2.64. The molecule has 0 aliphatic rings. The number of hydrogen-bond acceptors (Lipinski definition) is 4. The zero-order chi connectivity index (χ0) is 19.1. The molecule has 1 amide bonds. The van der Waals surface area contributed by atoms with Gasteiger partial charge < -0.3 is 15.4 Å². The van der Waals surface area contributed by atoms with Gasteiger partial charge in [0.15, 0.2) is 0 Å². The smallest absolute Gasteiger partial charge is 0.270 e. The van der Waals surface area contributed by atoms with E-state index < -0.39 is 0 Å². The predicted octanol–water partition coefficient (Wildman–Crippen LogP) is 4.33. The molecule has 5 nitrogen and oxygen atoms in total. The van der Waals surface area contributed by atoms with Crippen LogP contribution in [0.15, 0.2) is 66.9 Å². The van der Waals surface area contributed by atoms with Crippen molar-refractivity contribution in [2.24, 2.45) is 0 Å². The fraction of sp³-hybridized carbons (Fsp3) is 0.182. The summed E-state index contributed by atoms with van der Waals surface area (Å²) in [5.74, 6) is 0.577. The summed E-state index contributed by atoms with van der Waals surface area (Å²) >= 11 is 0.